The number of ether oxygens (including phenoxy) is 2. The van der Waals surface area contributed by atoms with Crippen molar-refractivity contribution in [3.05, 3.63) is 60.3 Å². The summed E-state index contributed by atoms with van der Waals surface area (Å²) < 4.78 is 41.6. The average Bonchev–Trinajstić information content (AvgIpc) is 3.31. The number of hydrogen-bond donors (Lipinski definition) is 1. The van der Waals surface area contributed by atoms with Crippen molar-refractivity contribution in [2.45, 2.75) is 0 Å². The normalized spacial score (nSPS) is 11.1. The number of halogens is 2. The van der Waals surface area contributed by atoms with Crippen LogP contribution in [0.4, 0.5) is 14.6 Å². The van der Waals surface area contributed by atoms with Gasteiger partial charge in [-0.25, -0.2) is 9.37 Å². The molecular formula is C23H23F2N7O2. The summed E-state index contributed by atoms with van der Waals surface area (Å²) in [6, 6.07) is 11.8. The number of para-hydroxylation sites is 1. The molecule has 2 aromatic heterocycles. The van der Waals surface area contributed by atoms with Gasteiger partial charge in [0.15, 0.2) is 17.4 Å². The molecule has 11 heteroatoms. The van der Waals surface area contributed by atoms with E-state index in [1.807, 2.05) is 43.3 Å². The summed E-state index contributed by atoms with van der Waals surface area (Å²) in [6.07, 6.45) is 1.59. The molecule has 2 N–H and O–H groups in total. The van der Waals surface area contributed by atoms with Crippen molar-refractivity contribution in [3.8, 4) is 39.7 Å². The average molecular weight is 467 g/mol. The van der Waals surface area contributed by atoms with Crippen LogP contribution in [0, 0.1) is 11.6 Å². The number of methoxy groups -OCH3 is 1. The van der Waals surface area contributed by atoms with E-state index in [0.717, 1.165) is 10.2 Å². The first kappa shape index (κ1) is 23.1. The lowest BCUT2D eigenvalue weighted by molar-refractivity contribution is 0.249. The molecule has 0 saturated heterocycles. The van der Waals surface area contributed by atoms with Crippen molar-refractivity contribution in [3.63, 3.8) is 0 Å². The second-order valence-corrected chi connectivity index (χ2v) is 7.63. The van der Waals surface area contributed by atoms with Gasteiger partial charge in [0.25, 0.3) is 0 Å². The Morgan fingerprint density at radius 3 is 2.59 bits per heavy atom. The molecule has 4 aromatic rings. The van der Waals surface area contributed by atoms with E-state index >= 15 is 4.39 Å². The fourth-order valence-electron chi connectivity index (χ4n) is 3.34. The molecule has 0 atom stereocenters. The molecule has 0 unspecified atom stereocenters. The van der Waals surface area contributed by atoms with Gasteiger partial charge in [-0.1, -0.05) is 18.2 Å². The quantitative estimate of drug-likeness (QED) is 0.421. The van der Waals surface area contributed by atoms with Crippen molar-refractivity contribution in [2.24, 2.45) is 0 Å². The minimum Gasteiger partial charge on any atom is -0.496 e. The van der Waals surface area contributed by atoms with Gasteiger partial charge in [-0.05, 0) is 48.8 Å². The highest BCUT2D eigenvalue weighted by Crippen LogP contribution is 2.34. The van der Waals surface area contributed by atoms with Crippen LogP contribution in [0.25, 0.3) is 28.2 Å². The summed E-state index contributed by atoms with van der Waals surface area (Å²) in [6.45, 7) is 0.756. The predicted molar refractivity (Wildman–Crippen MR) is 123 cm³/mol. The molecule has 0 saturated carbocycles. The van der Waals surface area contributed by atoms with Gasteiger partial charge in [-0.3, -0.25) is 0 Å². The third kappa shape index (κ3) is 4.50. The Hall–Kier alpha value is -4.12. The standard InChI is InChI=1S/C23H23F2N7O2/c1-31(2)10-11-34-19-9-8-17(20(24)21(19)25)32-23(28-29-30-32)16-12-14(13-27-22(16)26)15-6-4-5-7-18(15)33-3/h4-9,12-13H,10-11H2,1-3H3,(H2,26,27). The number of hydrogen-bond acceptors (Lipinski definition) is 8. The van der Waals surface area contributed by atoms with Crippen LogP contribution in [0.2, 0.25) is 0 Å². The third-order valence-electron chi connectivity index (χ3n) is 5.10. The van der Waals surface area contributed by atoms with Gasteiger partial charge in [0.1, 0.15) is 23.9 Å². The maximum atomic E-state index is 15.0. The van der Waals surface area contributed by atoms with E-state index < -0.39 is 11.6 Å². The molecule has 34 heavy (non-hydrogen) atoms. The summed E-state index contributed by atoms with van der Waals surface area (Å²) in [7, 11) is 5.27. The predicted octanol–water partition coefficient (Wildman–Crippen LogP) is 3.20. The number of tetrazole rings is 1. The first-order valence-electron chi connectivity index (χ1n) is 10.3. The fourth-order valence-corrected chi connectivity index (χ4v) is 3.34. The number of nitrogens with two attached hydrogens (primary N) is 1. The SMILES string of the molecule is COc1ccccc1-c1cnc(N)c(-c2nnnn2-c2ccc(OCCN(C)C)c(F)c2F)c1. The number of nitrogen functional groups attached to an aromatic ring is 1. The monoisotopic (exact) mass is 467 g/mol. The highest BCUT2D eigenvalue weighted by molar-refractivity contribution is 5.78. The van der Waals surface area contributed by atoms with E-state index in [9.17, 15) is 4.39 Å². The minimum atomic E-state index is -1.15. The number of nitrogens with zero attached hydrogens (tertiary/aromatic N) is 6. The van der Waals surface area contributed by atoms with Crippen LogP contribution in [-0.2, 0) is 0 Å². The molecule has 176 valence electrons. The molecule has 0 aliphatic heterocycles. The molecule has 0 amide bonds. The number of pyridine rings is 1. The van der Waals surface area contributed by atoms with Gasteiger partial charge in [-0.15, -0.1) is 5.10 Å². The zero-order chi connectivity index (χ0) is 24.2. The highest BCUT2D eigenvalue weighted by atomic mass is 19.2. The molecule has 0 fully saturated rings. The first-order valence-corrected chi connectivity index (χ1v) is 10.3. The largest absolute Gasteiger partial charge is 0.496 e. The molecule has 4 rings (SSSR count). The second kappa shape index (κ2) is 9.79. The molecule has 0 spiro atoms. The Morgan fingerprint density at radius 2 is 1.82 bits per heavy atom. The minimum absolute atomic E-state index is 0.0984. The van der Waals surface area contributed by atoms with Crippen molar-refractivity contribution >= 4 is 5.82 Å². The number of benzene rings is 2. The van der Waals surface area contributed by atoms with Crippen LogP contribution in [0.3, 0.4) is 0 Å². The summed E-state index contributed by atoms with van der Waals surface area (Å²) >= 11 is 0. The lowest BCUT2D eigenvalue weighted by Gasteiger charge is -2.14. The van der Waals surface area contributed by atoms with Crippen LogP contribution in [0.5, 0.6) is 11.5 Å². The van der Waals surface area contributed by atoms with Crippen LogP contribution in [0.15, 0.2) is 48.7 Å². The Bertz CT molecular complexity index is 1310. The zero-order valence-corrected chi connectivity index (χ0v) is 18.9. The van der Waals surface area contributed by atoms with Crippen LogP contribution < -0.4 is 15.2 Å². The molecule has 0 aliphatic rings. The molecule has 0 aliphatic carbocycles. The van der Waals surface area contributed by atoms with E-state index in [2.05, 4.69) is 20.5 Å². The molecule has 2 aromatic carbocycles. The Kier molecular flexibility index (Phi) is 6.64. The fraction of sp³-hybridized carbons (Fsp3) is 0.217. The Morgan fingerprint density at radius 1 is 1.03 bits per heavy atom. The van der Waals surface area contributed by atoms with E-state index in [1.165, 1.54) is 12.1 Å². The van der Waals surface area contributed by atoms with Crippen molar-refractivity contribution in [2.75, 3.05) is 40.1 Å². The maximum Gasteiger partial charge on any atom is 0.202 e. The molecular weight excluding hydrogens is 444 g/mol. The first-order chi connectivity index (χ1) is 16.4. The summed E-state index contributed by atoms with van der Waals surface area (Å²) in [4.78, 5) is 6.11. The highest BCUT2D eigenvalue weighted by Gasteiger charge is 2.22. The Balaban J connectivity index is 1.73. The van der Waals surface area contributed by atoms with Crippen molar-refractivity contribution < 1.29 is 18.3 Å². The second-order valence-electron chi connectivity index (χ2n) is 7.63. The number of rotatable bonds is 8. The third-order valence-corrected chi connectivity index (χ3v) is 5.10. The van der Waals surface area contributed by atoms with E-state index in [0.29, 0.717) is 23.4 Å². The van der Waals surface area contributed by atoms with Gasteiger partial charge in [0.05, 0.1) is 12.7 Å². The van der Waals surface area contributed by atoms with Gasteiger partial charge in [0.2, 0.25) is 5.82 Å². The van der Waals surface area contributed by atoms with Gasteiger partial charge >= 0.3 is 0 Å². The smallest absolute Gasteiger partial charge is 0.202 e. The summed E-state index contributed by atoms with van der Waals surface area (Å²) in [5.74, 6) is -1.62. The maximum absolute atomic E-state index is 15.0. The number of likely N-dealkylation sites (N-methyl/N-ethyl adjacent to an activating group) is 1. The van der Waals surface area contributed by atoms with E-state index in [4.69, 9.17) is 15.2 Å². The van der Waals surface area contributed by atoms with Crippen LogP contribution in [-0.4, -0.2) is 64.4 Å². The van der Waals surface area contributed by atoms with Gasteiger partial charge < -0.3 is 20.1 Å². The number of anilines is 1. The van der Waals surface area contributed by atoms with Crippen molar-refractivity contribution in [1.82, 2.24) is 30.1 Å². The topological polar surface area (TPSA) is 104 Å². The van der Waals surface area contributed by atoms with Gasteiger partial charge in [0, 0.05) is 23.9 Å². The molecule has 9 nitrogen and oxygen atoms in total. The molecule has 0 bridgehead atoms. The van der Waals surface area contributed by atoms with E-state index in [1.54, 1.807) is 19.4 Å². The summed E-state index contributed by atoms with van der Waals surface area (Å²) in [5, 5.41) is 11.5. The zero-order valence-electron chi connectivity index (χ0n) is 18.9. The Labute approximate surface area is 194 Å². The van der Waals surface area contributed by atoms with Crippen molar-refractivity contribution in [1.29, 1.82) is 0 Å². The van der Waals surface area contributed by atoms with Crippen LogP contribution >= 0.6 is 0 Å². The lowest BCUT2D eigenvalue weighted by Crippen LogP contribution is -2.20. The van der Waals surface area contributed by atoms with E-state index in [-0.39, 0.29) is 29.7 Å². The van der Waals surface area contributed by atoms with Gasteiger partial charge in [-0.2, -0.15) is 9.07 Å². The van der Waals surface area contributed by atoms with Crippen LogP contribution in [0.1, 0.15) is 0 Å². The lowest BCUT2D eigenvalue weighted by atomic mass is 10.0. The summed E-state index contributed by atoms with van der Waals surface area (Å²) in [5.41, 5.74) is 7.72. The molecule has 0 radical (unpaired) electrons. The molecule has 2 heterocycles. The number of aromatic nitrogens is 5.